The Morgan fingerprint density at radius 2 is 1.74 bits per heavy atom. The van der Waals surface area contributed by atoms with Crippen LogP contribution in [0.2, 0.25) is 0 Å². The van der Waals surface area contributed by atoms with E-state index in [4.69, 9.17) is 0 Å². The van der Waals surface area contributed by atoms with Gasteiger partial charge in [-0.05, 0) is 50.7 Å². The molecule has 1 N–H and O–H groups in total. The number of rotatable bonds is 4. The van der Waals surface area contributed by atoms with Crippen molar-refractivity contribution in [2.24, 2.45) is 0 Å². The topological polar surface area (TPSA) is 49.4 Å². The number of likely N-dealkylation sites (N-methyl/N-ethyl adjacent to an activating group) is 1. The second kappa shape index (κ2) is 7.95. The van der Waals surface area contributed by atoms with Crippen molar-refractivity contribution in [1.82, 2.24) is 4.90 Å². The summed E-state index contributed by atoms with van der Waals surface area (Å²) >= 11 is 0. The molecule has 1 aliphatic carbocycles. The molecular formula is C19H26N2O2. The van der Waals surface area contributed by atoms with Crippen LogP contribution in [0.1, 0.15) is 43.2 Å². The predicted octanol–water partition coefficient (Wildman–Crippen LogP) is 3.59. The van der Waals surface area contributed by atoms with Crippen LogP contribution in [0.3, 0.4) is 0 Å². The van der Waals surface area contributed by atoms with E-state index < -0.39 is 0 Å². The molecule has 0 bridgehead atoms. The molecular weight excluding hydrogens is 288 g/mol. The zero-order valence-corrected chi connectivity index (χ0v) is 14.3. The van der Waals surface area contributed by atoms with Crippen LogP contribution in [0.5, 0.6) is 0 Å². The molecule has 0 aliphatic heterocycles. The van der Waals surface area contributed by atoms with E-state index in [0.717, 1.165) is 42.5 Å². The Bertz CT molecular complexity index is 592. The summed E-state index contributed by atoms with van der Waals surface area (Å²) < 4.78 is 0. The Balaban J connectivity index is 1.92. The Morgan fingerprint density at radius 1 is 1.13 bits per heavy atom. The smallest absolute Gasteiger partial charge is 0.246 e. The standard InChI is InChI=1S/C19H26N2O2/c1-14-8-7-9-15(2)19(14)20-17(22)13-21(3)18(23)12-16-10-5-4-6-11-16/h7-9,12H,4-6,10-11,13H2,1-3H3,(H,20,22). The fourth-order valence-electron chi connectivity index (χ4n) is 2.92. The Morgan fingerprint density at radius 3 is 2.35 bits per heavy atom. The SMILES string of the molecule is Cc1cccc(C)c1NC(=O)CN(C)C(=O)C=C1CCCCC1. The first-order valence-corrected chi connectivity index (χ1v) is 8.28. The van der Waals surface area contributed by atoms with Gasteiger partial charge >= 0.3 is 0 Å². The molecule has 4 nitrogen and oxygen atoms in total. The molecule has 1 aliphatic rings. The summed E-state index contributed by atoms with van der Waals surface area (Å²) in [6, 6.07) is 5.89. The summed E-state index contributed by atoms with van der Waals surface area (Å²) in [6.07, 6.45) is 7.30. The number of carbonyl (C=O) groups is 2. The lowest BCUT2D eigenvalue weighted by Crippen LogP contribution is -2.34. The monoisotopic (exact) mass is 314 g/mol. The summed E-state index contributed by atoms with van der Waals surface area (Å²) in [7, 11) is 1.67. The second-order valence-corrected chi connectivity index (χ2v) is 6.37. The van der Waals surface area contributed by atoms with Gasteiger partial charge in [0.2, 0.25) is 11.8 Å². The van der Waals surface area contributed by atoms with E-state index in [1.54, 1.807) is 13.1 Å². The van der Waals surface area contributed by atoms with Gasteiger partial charge in [-0.2, -0.15) is 0 Å². The van der Waals surface area contributed by atoms with E-state index in [9.17, 15) is 9.59 Å². The van der Waals surface area contributed by atoms with E-state index in [1.165, 1.54) is 16.9 Å². The molecule has 1 aromatic carbocycles. The number of hydrogen-bond donors (Lipinski definition) is 1. The van der Waals surface area contributed by atoms with Crippen molar-refractivity contribution in [2.45, 2.75) is 46.0 Å². The van der Waals surface area contributed by atoms with Crippen molar-refractivity contribution in [1.29, 1.82) is 0 Å². The third kappa shape index (κ3) is 4.95. The van der Waals surface area contributed by atoms with Crippen molar-refractivity contribution in [3.05, 3.63) is 41.0 Å². The van der Waals surface area contributed by atoms with Crippen molar-refractivity contribution >= 4 is 17.5 Å². The van der Waals surface area contributed by atoms with E-state index in [0.29, 0.717) is 0 Å². The quantitative estimate of drug-likeness (QED) is 0.863. The minimum absolute atomic E-state index is 0.0659. The molecule has 4 heteroatoms. The molecule has 2 rings (SSSR count). The first-order valence-electron chi connectivity index (χ1n) is 8.28. The zero-order valence-electron chi connectivity index (χ0n) is 14.3. The van der Waals surface area contributed by atoms with Gasteiger partial charge in [-0.1, -0.05) is 30.2 Å². The van der Waals surface area contributed by atoms with Gasteiger partial charge in [-0.3, -0.25) is 9.59 Å². The van der Waals surface area contributed by atoms with Crippen LogP contribution >= 0.6 is 0 Å². The maximum absolute atomic E-state index is 12.2. The second-order valence-electron chi connectivity index (χ2n) is 6.37. The van der Waals surface area contributed by atoms with Crippen LogP contribution in [-0.4, -0.2) is 30.3 Å². The summed E-state index contributed by atoms with van der Waals surface area (Å²) in [6.45, 7) is 3.99. The maximum Gasteiger partial charge on any atom is 0.246 e. The van der Waals surface area contributed by atoms with Gasteiger partial charge in [-0.15, -0.1) is 0 Å². The highest BCUT2D eigenvalue weighted by Gasteiger charge is 2.14. The fourth-order valence-corrected chi connectivity index (χ4v) is 2.92. The van der Waals surface area contributed by atoms with Crippen molar-refractivity contribution in [3.8, 4) is 0 Å². The zero-order chi connectivity index (χ0) is 16.8. The van der Waals surface area contributed by atoms with Gasteiger partial charge in [-0.25, -0.2) is 0 Å². The van der Waals surface area contributed by atoms with Gasteiger partial charge in [0, 0.05) is 18.8 Å². The molecule has 0 radical (unpaired) electrons. The largest absolute Gasteiger partial charge is 0.333 e. The number of allylic oxidation sites excluding steroid dienone is 1. The number of nitrogens with zero attached hydrogens (tertiary/aromatic N) is 1. The molecule has 0 atom stereocenters. The van der Waals surface area contributed by atoms with Crippen molar-refractivity contribution < 1.29 is 9.59 Å². The van der Waals surface area contributed by atoms with Gasteiger partial charge in [0.05, 0.1) is 6.54 Å². The van der Waals surface area contributed by atoms with E-state index in [1.807, 2.05) is 32.0 Å². The van der Waals surface area contributed by atoms with Gasteiger partial charge in [0.25, 0.3) is 0 Å². The highest BCUT2D eigenvalue weighted by Crippen LogP contribution is 2.23. The number of aryl methyl sites for hydroxylation is 2. The highest BCUT2D eigenvalue weighted by molar-refractivity contribution is 5.97. The van der Waals surface area contributed by atoms with E-state index in [-0.39, 0.29) is 18.4 Å². The average Bonchev–Trinajstić information content (AvgIpc) is 2.52. The van der Waals surface area contributed by atoms with Crippen LogP contribution in [0, 0.1) is 13.8 Å². The highest BCUT2D eigenvalue weighted by atomic mass is 16.2. The molecule has 1 fully saturated rings. The van der Waals surface area contributed by atoms with Crippen LogP contribution in [0.15, 0.2) is 29.8 Å². The third-order valence-electron chi connectivity index (χ3n) is 4.33. The van der Waals surface area contributed by atoms with Crippen molar-refractivity contribution in [3.63, 3.8) is 0 Å². The summed E-state index contributed by atoms with van der Waals surface area (Å²) in [5.41, 5.74) is 4.10. The van der Waals surface area contributed by atoms with Crippen molar-refractivity contribution in [2.75, 3.05) is 18.9 Å². The lowest BCUT2D eigenvalue weighted by Gasteiger charge is -2.18. The van der Waals surface area contributed by atoms with E-state index >= 15 is 0 Å². The number of anilines is 1. The van der Waals surface area contributed by atoms with Gasteiger partial charge in [0.15, 0.2) is 0 Å². The molecule has 23 heavy (non-hydrogen) atoms. The van der Waals surface area contributed by atoms with Crippen LogP contribution < -0.4 is 5.32 Å². The molecule has 2 amide bonds. The fraction of sp³-hybridized carbons (Fsp3) is 0.474. The third-order valence-corrected chi connectivity index (χ3v) is 4.33. The van der Waals surface area contributed by atoms with Crippen LogP contribution in [-0.2, 0) is 9.59 Å². The Kier molecular flexibility index (Phi) is 5.97. The first-order chi connectivity index (χ1) is 11.0. The minimum Gasteiger partial charge on any atom is -0.333 e. The molecule has 0 unspecified atom stereocenters. The summed E-state index contributed by atoms with van der Waals surface area (Å²) in [4.78, 5) is 25.9. The lowest BCUT2D eigenvalue weighted by molar-refractivity contribution is -0.129. The number of amides is 2. The minimum atomic E-state index is -0.166. The Hall–Kier alpha value is -2.10. The van der Waals surface area contributed by atoms with Gasteiger partial charge in [0.1, 0.15) is 0 Å². The van der Waals surface area contributed by atoms with Crippen LogP contribution in [0.25, 0.3) is 0 Å². The number of carbonyl (C=O) groups excluding carboxylic acids is 2. The molecule has 0 saturated heterocycles. The maximum atomic E-state index is 12.2. The molecule has 1 aromatic rings. The first kappa shape index (κ1) is 17.3. The van der Waals surface area contributed by atoms with E-state index in [2.05, 4.69) is 5.32 Å². The molecule has 0 aromatic heterocycles. The molecule has 0 heterocycles. The predicted molar refractivity (Wildman–Crippen MR) is 93.4 cm³/mol. The normalized spacial score (nSPS) is 14.3. The number of nitrogens with one attached hydrogen (secondary N) is 1. The average molecular weight is 314 g/mol. The lowest BCUT2D eigenvalue weighted by atomic mass is 9.94. The summed E-state index contributed by atoms with van der Waals surface area (Å²) in [5.74, 6) is -0.251. The summed E-state index contributed by atoms with van der Waals surface area (Å²) in [5, 5.41) is 2.91. The Labute approximate surface area is 138 Å². The molecule has 0 spiro atoms. The van der Waals surface area contributed by atoms with Crippen LogP contribution in [0.4, 0.5) is 5.69 Å². The van der Waals surface area contributed by atoms with Gasteiger partial charge < -0.3 is 10.2 Å². The number of benzene rings is 1. The molecule has 124 valence electrons. The number of hydrogen-bond acceptors (Lipinski definition) is 2. The number of para-hydroxylation sites is 1. The molecule has 1 saturated carbocycles.